The number of nitrogens with zero attached hydrogens (tertiary/aromatic N) is 1. The van der Waals surface area contributed by atoms with Gasteiger partial charge in [-0.05, 0) is 27.7 Å². The molecule has 0 spiro atoms. The Morgan fingerprint density at radius 1 is 1.42 bits per heavy atom. The van der Waals surface area contributed by atoms with E-state index in [4.69, 9.17) is 4.74 Å². The molecule has 1 unspecified atom stereocenters. The second-order valence-electron chi connectivity index (χ2n) is 5.22. The quantitative estimate of drug-likeness (QED) is 0.727. The molecule has 0 aromatic heterocycles. The average molecular weight is 296 g/mol. The Morgan fingerprint density at radius 3 is 2.37 bits per heavy atom. The van der Waals surface area contributed by atoms with Gasteiger partial charge in [0.25, 0.3) is 0 Å². The minimum Gasteiger partial charge on any atom is -0.444 e. The zero-order chi connectivity index (χ0) is 15.3. The molecule has 2 N–H and O–H groups in total. The molecule has 0 saturated heterocycles. The van der Waals surface area contributed by atoms with E-state index in [1.54, 1.807) is 20.8 Å². The number of carbonyl (C=O) groups excluding carboxylic acids is 1. The highest BCUT2D eigenvalue weighted by molar-refractivity contribution is 7.89. The summed E-state index contributed by atoms with van der Waals surface area (Å²) >= 11 is 0. The molecule has 0 bridgehead atoms. The first-order valence-electron chi connectivity index (χ1n) is 6.07. The lowest BCUT2D eigenvalue weighted by molar-refractivity contribution is 0.0486. The van der Waals surface area contributed by atoms with Crippen molar-refractivity contribution in [2.75, 3.05) is 25.9 Å². The number of hydrogen-bond donors (Lipinski definition) is 2. The Labute approximate surface area is 115 Å². The number of hydrogen-bond acceptors (Lipinski definition) is 5. The molecule has 1 atom stereocenters. The summed E-state index contributed by atoms with van der Waals surface area (Å²) in [5, 5.41) is 12.0. The van der Waals surface area contributed by atoms with Crippen LogP contribution < -0.4 is 5.32 Å². The third-order valence-corrected chi connectivity index (χ3v) is 4.02. The Morgan fingerprint density at radius 2 is 1.95 bits per heavy atom. The van der Waals surface area contributed by atoms with Crippen LogP contribution in [0.15, 0.2) is 0 Å². The van der Waals surface area contributed by atoms with Gasteiger partial charge in [-0.25, -0.2) is 17.5 Å². The number of nitrogens with one attached hydrogen (secondary N) is 1. The highest BCUT2D eigenvalue weighted by Gasteiger charge is 2.20. The van der Waals surface area contributed by atoms with E-state index < -0.39 is 27.8 Å². The third-order valence-electron chi connectivity index (χ3n) is 2.19. The van der Waals surface area contributed by atoms with Crippen LogP contribution in [0.5, 0.6) is 0 Å². The van der Waals surface area contributed by atoms with E-state index in [0.717, 1.165) is 4.31 Å². The van der Waals surface area contributed by atoms with Gasteiger partial charge in [-0.3, -0.25) is 0 Å². The molecule has 0 aliphatic rings. The minimum absolute atomic E-state index is 0.0320. The average Bonchev–Trinajstić information content (AvgIpc) is 2.24. The van der Waals surface area contributed by atoms with Crippen molar-refractivity contribution in [1.29, 1.82) is 0 Å². The largest absolute Gasteiger partial charge is 0.444 e. The van der Waals surface area contributed by atoms with Gasteiger partial charge < -0.3 is 15.2 Å². The summed E-state index contributed by atoms with van der Waals surface area (Å²) in [6, 6.07) is 0. The second-order valence-corrected chi connectivity index (χ2v) is 7.58. The molecule has 0 rings (SSSR count). The normalized spacial score (nSPS) is 14.3. The van der Waals surface area contributed by atoms with Gasteiger partial charge in [0.15, 0.2) is 0 Å². The monoisotopic (exact) mass is 296 g/mol. The van der Waals surface area contributed by atoms with Crippen LogP contribution in [0.4, 0.5) is 4.79 Å². The number of likely N-dealkylation sites (N-methyl/N-ethyl adjacent to an activating group) is 1. The van der Waals surface area contributed by atoms with Crippen LogP contribution in [0, 0.1) is 0 Å². The predicted molar refractivity (Wildman–Crippen MR) is 72.3 cm³/mol. The first-order chi connectivity index (χ1) is 8.48. The van der Waals surface area contributed by atoms with E-state index >= 15 is 0 Å². The molecule has 0 saturated carbocycles. The van der Waals surface area contributed by atoms with E-state index in [1.165, 1.54) is 14.0 Å². The maximum atomic E-state index is 11.5. The van der Waals surface area contributed by atoms with Gasteiger partial charge >= 0.3 is 6.09 Å². The fourth-order valence-corrected chi connectivity index (χ4v) is 2.05. The van der Waals surface area contributed by atoms with Gasteiger partial charge in [0.2, 0.25) is 10.0 Å². The van der Waals surface area contributed by atoms with Crippen molar-refractivity contribution in [1.82, 2.24) is 9.62 Å². The molecule has 0 radical (unpaired) electrons. The SMILES string of the molecule is CCS(=O)(=O)N(C)CC(O)CNC(=O)OC(C)(C)C. The maximum Gasteiger partial charge on any atom is 0.407 e. The molecular weight excluding hydrogens is 272 g/mol. The van der Waals surface area contributed by atoms with Crippen molar-refractivity contribution < 1.29 is 23.1 Å². The lowest BCUT2D eigenvalue weighted by Crippen LogP contribution is -2.42. The molecule has 114 valence electrons. The Kier molecular flexibility index (Phi) is 6.74. The number of alkyl carbamates (subject to hydrolysis) is 1. The third kappa shape index (κ3) is 8.02. The number of aliphatic hydroxyl groups is 1. The number of ether oxygens (including phenoxy) is 1. The molecule has 7 nitrogen and oxygen atoms in total. The molecular formula is C11H24N2O5S. The van der Waals surface area contributed by atoms with Gasteiger partial charge in [-0.1, -0.05) is 0 Å². The minimum atomic E-state index is -3.33. The van der Waals surface area contributed by atoms with E-state index in [-0.39, 0.29) is 18.8 Å². The zero-order valence-electron chi connectivity index (χ0n) is 12.1. The molecule has 0 aliphatic heterocycles. The first-order valence-corrected chi connectivity index (χ1v) is 7.67. The van der Waals surface area contributed by atoms with Crippen LogP contribution in [0.1, 0.15) is 27.7 Å². The predicted octanol–water partition coefficient (Wildman–Crippen LogP) is 0.154. The van der Waals surface area contributed by atoms with Gasteiger partial charge in [-0.2, -0.15) is 0 Å². The Balaban J connectivity index is 4.14. The van der Waals surface area contributed by atoms with Crippen molar-refractivity contribution in [2.24, 2.45) is 0 Å². The van der Waals surface area contributed by atoms with Crippen LogP contribution in [0.2, 0.25) is 0 Å². The Bertz CT molecular complexity index is 388. The van der Waals surface area contributed by atoms with E-state index in [1.807, 2.05) is 0 Å². The fraction of sp³-hybridized carbons (Fsp3) is 0.909. The molecule has 1 amide bonds. The van der Waals surface area contributed by atoms with Crippen LogP contribution in [0.3, 0.4) is 0 Å². The summed E-state index contributed by atoms with van der Waals surface area (Å²) in [5.74, 6) is -0.0320. The maximum absolute atomic E-state index is 11.5. The summed E-state index contributed by atoms with van der Waals surface area (Å²) in [7, 11) is -1.95. The summed E-state index contributed by atoms with van der Waals surface area (Å²) in [4.78, 5) is 11.3. The zero-order valence-corrected chi connectivity index (χ0v) is 13.0. The summed E-state index contributed by atoms with van der Waals surface area (Å²) in [5.41, 5.74) is -0.614. The summed E-state index contributed by atoms with van der Waals surface area (Å²) < 4.78 is 29.0. The molecule has 0 aromatic carbocycles. The van der Waals surface area contributed by atoms with Crippen LogP contribution >= 0.6 is 0 Å². The van der Waals surface area contributed by atoms with Crippen LogP contribution in [0.25, 0.3) is 0 Å². The smallest absolute Gasteiger partial charge is 0.407 e. The van der Waals surface area contributed by atoms with Crippen LogP contribution in [-0.4, -0.2) is 61.5 Å². The second kappa shape index (κ2) is 7.06. The number of aliphatic hydroxyl groups excluding tert-OH is 1. The van der Waals surface area contributed by atoms with Crippen molar-refractivity contribution in [2.45, 2.75) is 39.4 Å². The molecule has 0 fully saturated rings. The number of sulfonamides is 1. The highest BCUT2D eigenvalue weighted by Crippen LogP contribution is 2.06. The molecule has 0 aromatic rings. The molecule has 8 heteroatoms. The fourth-order valence-electron chi connectivity index (χ4n) is 1.21. The van der Waals surface area contributed by atoms with Gasteiger partial charge in [-0.15, -0.1) is 0 Å². The lowest BCUT2D eigenvalue weighted by Gasteiger charge is -2.22. The summed E-state index contributed by atoms with van der Waals surface area (Å²) in [6.07, 6.45) is -1.63. The number of amides is 1. The van der Waals surface area contributed by atoms with Crippen LogP contribution in [-0.2, 0) is 14.8 Å². The van der Waals surface area contributed by atoms with E-state index in [0.29, 0.717) is 0 Å². The van der Waals surface area contributed by atoms with Crippen molar-refractivity contribution in [3.63, 3.8) is 0 Å². The summed E-state index contributed by atoms with van der Waals surface area (Å²) in [6.45, 7) is 6.56. The van der Waals surface area contributed by atoms with Crippen molar-refractivity contribution in [3.8, 4) is 0 Å². The highest BCUT2D eigenvalue weighted by atomic mass is 32.2. The van der Waals surface area contributed by atoms with Crippen molar-refractivity contribution in [3.05, 3.63) is 0 Å². The van der Waals surface area contributed by atoms with Gasteiger partial charge in [0.05, 0.1) is 11.9 Å². The first kappa shape index (κ1) is 18.1. The van der Waals surface area contributed by atoms with E-state index in [9.17, 15) is 18.3 Å². The van der Waals surface area contributed by atoms with E-state index in [2.05, 4.69) is 5.32 Å². The Hall–Kier alpha value is -0.860. The topological polar surface area (TPSA) is 95.9 Å². The molecule has 19 heavy (non-hydrogen) atoms. The molecule has 0 heterocycles. The number of carbonyl (C=O) groups is 1. The van der Waals surface area contributed by atoms with Gasteiger partial charge in [0.1, 0.15) is 5.60 Å². The number of rotatable bonds is 6. The molecule has 0 aliphatic carbocycles. The standard InChI is InChI=1S/C11H24N2O5S/c1-6-19(16,17)13(5)8-9(14)7-12-10(15)18-11(2,3)4/h9,14H,6-8H2,1-5H3,(H,12,15). The van der Waals surface area contributed by atoms with Gasteiger partial charge in [0, 0.05) is 20.1 Å². The van der Waals surface area contributed by atoms with Crippen molar-refractivity contribution >= 4 is 16.1 Å². The lowest BCUT2D eigenvalue weighted by atomic mass is 10.2.